The van der Waals surface area contributed by atoms with E-state index in [4.69, 9.17) is 4.42 Å². The quantitative estimate of drug-likeness (QED) is 0.872. The van der Waals surface area contributed by atoms with E-state index >= 15 is 0 Å². The fourth-order valence-corrected chi connectivity index (χ4v) is 3.42. The normalized spacial score (nSPS) is 21.6. The van der Waals surface area contributed by atoms with Crippen LogP contribution in [0, 0.1) is 0 Å². The third kappa shape index (κ3) is 2.39. The van der Waals surface area contributed by atoms with Gasteiger partial charge in [0.05, 0.1) is 6.26 Å². The fourth-order valence-electron chi connectivity index (χ4n) is 3.42. The highest BCUT2D eigenvalue weighted by atomic mass is 16.3. The molecule has 0 radical (unpaired) electrons. The van der Waals surface area contributed by atoms with Gasteiger partial charge in [-0.2, -0.15) is 0 Å². The topological polar surface area (TPSA) is 45.4 Å². The molecule has 5 nitrogen and oxygen atoms in total. The van der Waals surface area contributed by atoms with Crippen molar-refractivity contribution in [2.45, 2.75) is 31.7 Å². The molecule has 2 aliphatic heterocycles. The third-order valence-corrected chi connectivity index (χ3v) is 5.16. The minimum absolute atomic E-state index is 0.368. The van der Waals surface area contributed by atoms with Gasteiger partial charge in [0.25, 0.3) is 0 Å². The van der Waals surface area contributed by atoms with E-state index in [2.05, 4.69) is 26.7 Å². The first-order valence-corrected chi connectivity index (χ1v) is 8.12. The fraction of sp³-hybridized carbons (Fsp3) is 0.529. The molecule has 22 heavy (non-hydrogen) atoms. The van der Waals surface area contributed by atoms with Crippen LogP contribution in [0.2, 0.25) is 0 Å². The minimum atomic E-state index is 0.368. The van der Waals surface area contributed by atoms with Crippen molar-refractivity contribution in [2.75, 3.05) is 31.1 Å². The largest absolute Gasteiger partial charge is 0.463 e. The molecule has 5 heteroatoms. The molecule has 0 amide bonds. The molecule has 0 atom stereocenters. The zero-order valence-corrected chi connectivity index (χ0v) is 13.0. The lowest BCUT2D eigenvalue weighted by atomic mass is 9.85. The number of rotatable bonds is 3. The maximum Gasteiger partial charge on any atom is 0.225 e. The Morgan fingerprint density at radius 2 is 1.95 bits per heavy atom. The van der Waals surface area contributed by atoms with Crippen molar-refractivity contribution in [3.63, 3.8) is 0 Å². The van der Waals surface area contributed by atoms with Crippen molar-refractivity contribution in [1.29, 1.82) is 0 Å². The van der Waals surface area contributed by atoms with Gasteiger partial charge in [-0.25, -0.2) is 9.97 Å². The number of anilines is 1. The van der Waals surface area contributed by atoms with Crippen molar-refractivity contribution < 1.29 is 4.42 Å². The summed E-state index contributed by atoms with van der Waals surface area (Å²) in [6.45, 7) is 6.98. The summed E-state index contributed by atoms with van der Waals surface area (Å²) in [5, 5.41) is 0. The van der Waals surface area contributed by atoms with Crippen LogP contribution >= 0.6 is 0 Å². The molecule has 4 rings (SSSR count). The molecule has 0 unspecified atom stereocenters. The second-order valence-corrected chi connectivity index (χ2v) is 6.54. The Bertz CT molecular complexity index is 628. The summed E-state index contributed by atoms with van der Waals surface area (Å²) >= 11 is 0. The summed E-state index contributed by atoms with van der Waals surface area (Å²) < 4.78 is 5.43. The first-order chi connectivity index (χ1) is 10.7. The smallest absolute Gasteiger partial charge is 0.225 e. The average Bonchev–Trinajstić information content (AvgIpc) is 3.00. The number of furan rings is 1. The molecule has 2 aromatic rings. The van der Waals surface area contributed by atoms with Gasteiger partial charge in [-0.05, 0) is 57.5 Å². The van der Waals surface area contributed by atoms with Gasteiger partial charge in [-0.1, -0.05) is 0 Å². The van der Waals surface area contributed by atoms with Crippen LogP contribution in [0.1, 0.15) is 26.2 Å². The second kappa shape index (κ2) is 5.39. The second-order valence-electron chi connectivity index (χ2n) is 6.54. The van der Waals surface area contributed by atoms with Crippen LogP contribution in [0.15, 0.2) is 35.1 Å². The Hall–Kier alpha value is -1.88. The van der Waals surface area contributed by atoms with Gasteiger partial charge in [0.15, 0.2) is 5.76 Å². The number of hydrogen-bond donors (Lipinski definition) is 0. The third-order valence-electron chi connectivity index (χ3n) is 5.16. The predicted octanol–water partition coefficient (Wildman–Crippen LogP) is 2.80. The van der Waals surface area contributed by atoms with Crippen molar-refractivity contribution in [1.82, 2.24) is 14.9 Å². The summed E-state index contributed by atoms with van der Waals surface area (Å²) in [5.74, 6) is 1.62. The summed E-state index contributed by atoms with van der Waals surface area (Å²) in [7, 11) is 0. The Morgan fingerprint density at radius 3 is 2.59 bits per heavy atom. The van der Waals surface area contributed by atoms with Crippen molar-refractivity contribution in [3.8, 4) is 11.5 Å². The van der Waals surface area contributed by atoms with E-state index in [0.717, 1.165) is 30.5 Å². The molecule has 0 bridgehead atoms. The molecule has 0 spiro atoms. The van der Waals surface area contributed by atoms with Crippen LogP contribution in [0.3, 0.4) is 0 Å². The van der Waals surface area contributed by atoms with E-state index in [9.17, 15) is 0 Å². The number of hydrogen-bond acceptors (Lipinski definition) is 5. The lowest BCUT2D eigenvalue weighted by molar-refractivity contribution is 0.0238. The molecule has 0 N–H and O–H groups in total. The van der Waals surface area contributed by atoms with E-state index in [-0.39, 0.29) is 0 Å². The van der Waals surface area contributed by atoms with E-state index in [1.807, 2.05) is 24.4 Å². The van der Waals surface area contributed by atoms with Crippen molar-refractivity contribution in [3.05, 3.63) is 30.7 Å². The Labute approximate surface area is 131 Å². The SMILES string of the molecule is CC1(N2CCC2)CCN(c2nccc(-c3ccco3)n2)CC1. The maximum atomic E-state index is 5.43. The van der Waals surface area contributed by atoms with E-state index < -0.39 is 0 Å². The highest BCUT2D eigenvalue weighted by Crippen LogP contribution is 2.33. The number of nitrogens with zero attached hydrogens (tertiary/aromatic N) is 4. The lowest BCUT2D eigenvalue weighted by Crippen LogP contribution is -2.58. The molecular formula is C17H22N4O. The molecule has 2 fully saturated rings. The van der Waals surface area contributed by atoms with Gasteiger partial charge >= 0.3 is 0 Å². The summed E-state index contributed by atoms with van der Waals surface area (Å²) in [6, 6.07) is 5.72. The first-order valence-electron chi connectivity index (χ1n) is 8.12. The monoisotopic (exact) mass is 298 g/mol. The zero-order chi connectivity index (χ0) is 15.0. The highest BCUT2D eigenvalue weighted by molar-refractivity contribution is 5.53. The molecule has 116 valence electrons. The van der Waals surface area contributed by atoms with Crippen molar-refractivity contribution >= 4 is 5.95 Å². The lowest BCUT2D eigenvalue weighted by Gasteiger charge is -2.50. The van der Waals surface area contributed by atoms with Gasteiger partial charge in [0, 0.05) is 24.8 Å². The van der Waals surface area contributed by atoms with E-state index in [0.29, 0.717) is 5.54 Å². The van der Waals surface area contributed by atoms with Gasteiger partial charge in [-0.3, -0.25) is 4.90 Å². The van der Waals surface area contributed by atoms with Gasteiger partial charge in [-0.15, -0.1) is 0 Å². The van der Waals surface area contributed by atoms with Crippen LogP contribution in [-0.4, -0.2) is 46.6 Å². The number of piperidine rings is 1. The average molecular weight is 298 g/mol. The van der Waals surface area contributed by atoms with Crippen LogP contribution in [0.25, 0.3) is 11.5 Å². The first kappa shape index (κ1) is 13.8. The molecule has 2 aliphatic rings. The summed E-state index contributed by atoms with van der Waals surface area (Å²) in [6.07, 6.45) is 7.22. The molecule has 0 aliphatic carbocycles. The van der Waals surface area contributed by atoms with Crippen LogP contribution < -0.4 is 4.90 Å². The maximum absolute atomic E-state index is 5.43. The van der Waals surface area contributed by atoms with Crippen molar-refractivity contribution in [2.24, 2.45) is 0 Å². The Morgan fingerprint density at radius 1 is 1.14 bits per heavy atom. The molecule has 0 saturated carbocycles. The standard InChI is InChI=1S/C17H22N4O/c1-17(21-9-3-10-21)6-11-20(12-7-17)16-18-8-5-14(19-16)15-4-2-13-22-15/h2,4-5,8,13H,3,6-7,9-12H2,1H3. The summed E-state index contributed by atoms with van der Waals surface area (Å²) in [5.41, 5.74) is 1.22. The van der Waals surface area contributed by atoms with E-state index in [1.165, 1.54) is 32.4 Å². The van der Waals surface area contributed by atoms with Gasteiger partial charge in [0.2, 0.25) is 5.95 Å². The van der Waals surface area contributed by atoms with Gasteiger partial charge < -0.3 is 9.32 Å². The molecular weight excluding hydrogens is 276 g/mol. The van der Waals surface area contributed by atoms with Crippen LogP contribution in [-0.2, 0) is 0 Å². The summed E-state index contributed by atoms with van der Waals surface area (Å²) in [4.78, 5) is 14.1. The van der Waals surface area contributed by atoms with E-state index in [1.54, 1.807) is 6.26 Å². The highest BCUT2D eigenvalue weighted by Gasteiger charge is 2.38. The minimum Gasteiger partial charge on any atom is -0.463 e. The molecule has 2 saturated heterocycles. The number of likely N-dealkylation sites (tertiary alicyclic amines) is 1. The Balaban J connectivity index is 1.48. The van der Waals surface area contributed by atoms with Crippen LogP contribution in [0.5, 0.6) is 0 Å². The zero-order valence-electron chi connectivity index (χ0n) is 13.0. The molecule has 4 heterocycles. The Kier molecular flexibility index (Phi) is 3.37. The predicted molar refractivity (Wildman–Crippen MR) is 85.8 cm³/mol. The molecule has 2 aromatic heterocycles. The van der Waals surface area contributed by atoms with Crippen LogP contribution in [0.4, 0.5) is 5.95 Å². The number of aromatic nitrogens is 2. The van der Waals surface area contributed by atoms with Gasteiger partial charge in [0.1, 0.15) is 5.69 Å². The molecule has 0 aromatic carbocycles.